The maximum atomic E-state index is 14.1. The fourth-order valence-corrected chi connectivity index (χ4v) is 2.95. The fraction of sp³-hybridized carbons (Fsp3) is 0.158. The molecule has 0 amide bonds. The molecular weight excluding hydrogens is 552 g/mol. The molecule has 16 heteroatoms. The standard InChI is InChI=1S/C19H7F11N2O2.Mn/c1-5-9(16(33)6-2-7(18(25,26)27)4-8(3-6)19(28,29)30)17(34)32(31-5)15-13(23)11(21)10(20)12(22)14(15)24;/h2-4,34H,1H3;. The van der Waals surface area contributed by atoms with Crippen LogP contribution in [0.2, 0.25) is 0 Å². The molecule has 189 valence electrons. The largest absolute Gasteiger partial charge is 0.493 e. The Morgan fingerprint density at radius 2 is 1.20 bits per heavy atom. The molecule has 1 radical (unpaired) electrons. The second-order valence-corrected chi connectivity index (χ2v) is 6.74. The van der Waals surface area contributed by atoms with Gasteiger partial charge in [-0.15, -0.1) is 0 Å². The summed E-state index contributed by atoms with van der Waals surface area (Å²) in [4.78, 5) is 12.7. The number of carbonyl (C=O) groups is 1. The summed E-state index contributed by atoms with van der Waals surface area (Å²) in [7, 11) is 0. The van der Waals surface area contributed by atoms with Crippen molar-refractivity contribution in [1.82, 2.24) is 9.78 Å². The first-order chi connectivity index (χ1) is 15.5. The normalized spacial score (nSPS) is 12.0. The third kappa shape index (κ3) is 4.85. The van der Waals surface area contributed by atoms with Crippen molar-refractivity contribution in [3.05, 3.63) is 75.2 Å². The van der Waals surface area contributed by atoms with Gasteiger partial charge in [-0.1, -0.05) is 0 Å². The molecule has 2 aromatic carbocycles. The summed E-state index contributed by atoms with van der Waals surface area (Å²) in [5.74, 6) is -15.7. The Labute approximate surface area is 197 Å². The molecule has 3 rings (SSSR count). The van der Waals surface area contributed by atoms with Crippen LogP contribution in [0.4, 0.5) is 48.3 Å². The van der Waals surface area contributed by atoms with Crippen LogP contribution >= 0.6 is 0 Å². The van der Waals surface area contributed by atoms with E-state index >= 15 is 0 Å². The zero-order valence-electron chi connectivity index (χ0n) is 16.5. The van der Waals surface area contributed by atoms with E-state index in [2.05, 4.69) is 5.10 Å². The summed E-state index contributed by atoms with van der Waals surface area (Å²) in [6.07, 6.45) is -10.7. The van der Waals surface area contributed by atoms with Crippen molar-refractivity contribution in [3.63, 3.8) is 0 Å². The maximum Gasteiger partial charge on any atom is 0.416 e. The van der Waals surface area contributed by atoms with Gasteiger partial charge in [0.15, 0.2) is 29.1 Å². The van der Waals surface area contributed by atoms with Gasteiger partial charge in [0, 0.05) is 22.6 Å². The van der Waals surface area contributed by atoms with Gasteiger partial charge in [-0.05, 0) is 25.1 Å². The summed E-state index contributed by atoms with van der Waals surface area (Å²) in [6.45, 7) is 0.841. The SMILES string of the molecule is Cc1nn(-c2c(F)c(F)c(F)c(F)c2F)c(O)c1C(=O)c1cc(C(F)(F)F)cc(C(F)(F)F)c1.[Mn]. The Morgan fingerprint density at radius 3 is 1.60 bits per heavy atom. The number of nitrogens with zero attached hydrogens (tertiary/aromatic N) is 2. The number of rotatable bonds is 3. The Balaban J connectivity index is 0.00000432. The first-order valence-electron chi connectivity index (χ1n) is 8.61. The van der Waals surface area contributed by atoms with E-state index in [0.29, 0.717) is 0 Å². The Bertz CT molecular complexity index is 1270. The van der Waals surface area contributed by atoms with Crippen molar-refractivity contribution >= 4 is 5.78 Å². The van der Waals surface area contributed by atoms with Crippen LogP contribution in [-0.4, -0.2) is 20.7 Å². The van der Waals surface area contributed by atoms with Crippen LogP contribution in [0, 0.1) is 36.0 Å². The fourth-order valence-electron chi connectivity index (χ4n) is 2.95. The zero-order valence-corrected chi connectivity index (χ0v) is 17.7. The van der Waals surface area contributed by atoms with Crippen LogP contribution < -0.4 is 0 Å². The van der Waals surface area contributed by atoms with Crippen LogP contribution in [0.25, 0.3) is 5.69 Å². The van der Waals surface area contributed by atoms with Gasteiger partial charge in [-0.2, -0.15) is 36.1 Å². The molecule has 35 heavy (non-hydrogen) atoms. The second kappa shape index (κ2) is 9.15. The number of benzene rings is 2. The molecule has 0 aliphatic rings. The minimum Gasteiger partial charge on any atom is -0.493 e. The smallest absolute Gasteiger partial charge is 0.416 e. The van der Waals surface area contributed by atoms with Crippen LogP contribution in [0.15, 0.2) is 18.2 Å². The topological polar surface area (TPSA) is 55.1 Å². The second-order valence-electron chi connectivity index (χ2n) is 6.74. The van der Waals surface area contributed by atoms with Gasteiger partial charge in [0.2, 0.25) is 11.7 Å². The summed E-state index contributed by atoms with van der Waals surface area (Å²) in [5, 5.41) is 13.5. The number of ketones is 1. The first kappa shape index (κ1) is 28.1. The van der Waals surface area contributed by atoms with Gasteiger partial charge in [-0.3, -0.25) is 4.79 Å². The third-order valence-electron chi connectivity index (χ3n) is 4.51. The van der Waals surface area contributed by atoms with E-state index < -0.39 is 86.7 Å². The molecule has 0 saturated heterocycles. The van der Waals surface area contributed by atoms with Gasteiger partial charge in [-0.25, -0.2) is 22.0 Å². The minimum absolute atomic E-state index is 0. The van der Waals surface area contributed by atoms with Gasteiger partial charge in [0.1, 0.15) is 11.3 Å². The van der Waals surface area contributed by atoms with Crippen LogP contribution in [0.3, 0.4) is 0 Å². The van der Waals surface area contributed by atoms with Crippen LogP contribution in [0.1, 0.15) is 32.7 Å². The summed E-state index contributed by atoms with van der Waals surface area (Å²) in [5.41, 5.74) is -8.70. The molecule has 0 bridgehead atoms. The van der Waals surface area contributed by atoms with E-state index in [4.69, 9.17) is 0 Å². The van der Waals surface area contributed by atoms with Gasteiger partial charge in [0.25, 0.3) is 0 Å². The monoisotopic (exact) mass is 559 g/mol. The molecule has 0 aliphatic heterocycles. The Kier molecular flexibility index (Phi) is 7.35. The van der Waals surface area contributed by atoms with Crippen molar-refractivity contribution in [2.45, 2.75) is 19.3 Å². The zero-order chi connectivity index (χ0) is 25.9. The quantitative estimate of drug-likeness (QED) is 0.144. The van der Waals surface area contributed by atoms with Crippen molar-refractivity contribution in [2.75, 3.05) is 0 Å². The molecule has 0 spiro atoms. The van der Waals surface area contributed by atoms with E-state index in [1.165, 1.54) is 0 Å². The number of hydrogen-bond donors (Lipinski definition) is 1. The van der Waals surface area contributed by atoms with Crippen molar-refractivity contribution in [3.8, 4) is 11.6 Å². The van der Waals surface area contributed by atoms with Gasteiger partial charge in [0.05, 0.1) is 16.8 Å². The first-order valence-corrected chi connectivity index (χ1v) is 8.61. The number of aromatic nitrogens is 2. The number of halogens is 11. The van der Waals surface area contributed by atoms with Crippen molar-refractivity contribution in [2.24, 2.45) is 0 Å². The molecule has 1 heterocycles. The van der Waals surface area contributed by atoms with Crippen LogP contribution in [-0.2, 0) is 29.4 Å². The predicted molar refractivity (Wildman–Crippen MR) is 89.6 cm³/mol. The van der Waals surface area contributed by atoms with Crippen molar-refractivity contribution < 1.29 is 75.3 Å². The number of alkyl halides is 6. The maximum absolute atomic E-state index is 14.1. The molecule has 4 nitrogen and oxygen atoms in total. The van der Waals surface area contributed by atoms with Gasteiger partial charge < -0.3 is 5.11 Å². The van der Waals surface area contributed by atoms with E-state index in [9.17, 15) is 58.2 Å². The Morgan fingerprint density at radius 1 is 0.800 bits per heavy atom. The predicted octanol–water partition coefficient (Wildman–Crippen LogP) is 5.85. The minimum atomic E-state index is -5.33. The van der Waals surface area contributed by atoms with Crippen molar-refractivity contribution in [1.29, 1.82) is 0 Å². The molecule has 0 unspecified atom stereocenters. The molecule has 3 aromatic rings. The van der Waals surface area contributed by atoms with E-state index in [-0.39, 0.29) is 39.9 Å². The average Bonchev–Trinajstić information content (AvgIpc) is 3.02. The number of aryl methyl sites for hydroxylation is 1. The molecule has 0 aliphatic carbocycles. The van der Waals surface area contributed by atoms with E-state index in [0.717, 1.165) is 6.92 Å². The molecular formula is C19H7F11MnN2O2. The molecule has 0 fully saturated rings. The third-order valence-corrected chi connectivity index (χ3v) is 4.51. The van der Waals surface area contributed by atoms with Gasteiger partial charge >= 0.3 is 12.4 Å². The molecule has 1 N–H and O–H groups in total. The Hall–Kier alpha value is -3.13. The van der Waals surface area contributed by atoms with E-state index in [1.807, 2.05) is 0 Å². The average molecular weight is 559 g/mol. The molecule has 0 atom stereocenters. The number of carbonyl (C=O) groups excluding carboxylic acids is 1. The molecule has 0 saturated carbocycles. The number of hydrogen-bond acceptors (Lipinski definition) is 3. The van der Waals surface area contributed by atoms with Crippen LogP contribution in [0.5, 0.6) is 5.88 Å². The summed E-state index contributed by atoms with van der Waals surface area (Å²) < 4.78 is 146. The molecule has 1 aromatic heterocycles. The summed E-state index contributed by atoms with van der Waals surface area (Å²) in [6, 6.07) is -0.236. The van der Waals surface area contributed by atoms with E-state index in [1.54, 1.807) is 0 Å². The summed E-state index contributed by atoms with van der Waals surface area (Å²) >= 11 is 0. The number of aromatic hydroxyl groups is 1.